The maximum Gasteiger partial charge on any atom is 0.336 e. The Bertz CT molecular complexity index is 1190. The summed E-state index contributed by atoms with van der Waals surface area (Å²) in [5.74, 6) is 0. The standard InChI is InChI=1S/C24H21NO2/c26-23-14-18(15-25-21-11-5-8-16-6-1-3-9-19(16)21)24-20-10-4-2-7-17(20)12-13-22(24)27-23/h1-4,6-7,9-10,12-14,21,25H,5,8,11,15H2/t21-/m0/s1. The molecule has 0 unspecified atom stereocenters. The molecule has 3 aromatic carbocycles. The molecule has 1 aliphatic rings. The van der Waals surface area contributed by atoms with Crippen LogP contribution in [0.15, 0.2) is 75.9 Å². The van der Waals surface area contributed by atoms with Crippen LogP contribution in [-0.2, 0) is 13.0 Å². The molecule has 0 bridgehead atoms. The summed E-state index contributed by atoms with van der Waals surface area (Å²) in [5, 5.41) is 7.01. The van der Waals surface area contributed by atoms with Gasteiger partial charge in [-0.25, -0.2) is 4.79 Å². The molecule has 4 aromatic rings. The van der Waals surface area contributed by atoms with Gasteiger partial charge >= 0.3 is 5.63 Å². The number of hydrogen-bond donors (Lipinski definition) is 1. The van der Waals surface area contributed by atoms with E-state index in [0.29, 0.717) is 18.2 Å². The van der Waals surface area contributed by atoms with Crippen LogP contribution in [0.5, 0.6) is 0 Å². The first-order valence-corrected chi connectivity index (χ1v) is 9.55. The van der Waals surface area contributed by atoms with Crippen molar-refractivity contribution >= 4 is 21.7 Å². The van der Waals surface area contributed by atoms with E-state index in [1.807, 2.05) is 24.3 Å². The van der Waals surface area contributed by atoms with Crippen LogP contribution in [0.2, 0.25) is 0 Å². The van der Waals surface area contributed by atoms with E-state index >= 15 is 0 Å². The van der Waals surface area contributed by atoms with E-state index in [0.717, 1.165) is 34.6 Å². The van der Waals surface area contributed by atoms with Crippen LogP contribution in [-0.4, -0.2) is 0 Å². The van der Waals surface area contributed by atoms with Gasteiger partial charge in [0.1, 0.15) is 5.58 Å². The third-order valence-electron chi connectivity index (χ3n) is 5.62. The van der Waals surface area contributed by atoms with Gasteiger partial charge in [0.2, 0.25) is 0 Å². The highest BCUT2D eigenvalue weighted by atomic mass is 16.4. The molecule has 0 radical (unpaired) electrons. The molecule has 0 saturated carbocycles. The Morgan fingerprint density at radius 2 is 1.85 bits per heavy atom. The minimum atomic E-state index is -0.293. The first-order chi connectivity index (χ1) is 13.3. The van der Waals surface area contributed by atoms with E-state index in [4.69, 9.17) is 4.42 Å². The lowest BCUT2D eigenvalue weighted by atomic mass is 9.87. The number of rotatable bonds is 3. The van der Waals surface area contributed by atoms with Crippen LogP contribution < -0.4 is 10.9 Å². The molecule has 0 saturated heterocycles. The molecule has 1 aliphatic carbocycles. The first kappa shape index (κ1) is 16.3. The van der Waals surface area contributed by atoms with E-state index < -0.39 is 0 Å². The van der Waals surface area contributed by atoms with Gasteiger partial charge in [0.05, 0.1) is 0 Å². The minimum absolute atomic E-state index is 0.293. The van der Waals surface area contributed by atoms with Crippen molar-refractivity contribution in [3.8, 4) is 0 Å². The highest BCUT2D eigenvalue weighted by Gasteiger charge is 2.20. The Balaban J connectivity index is 1.56. The summed E-state index contributed by atoms with van der Waals surface area (Å²) in [4.78, 5) is 12.1. The average Bonchev–Trinajstić information content (AvgIpc) is 2.71. The summed E-state index contributed by atoms with van der Waals surface area (Å²) in [6.07, 6.45) is 3.46. The van der Waals surface area contributed by atoms with Crippen molar-refractivity contribution < 1.29 is 4.42 Å². The van der Waals surface area contributed by atoms with Gasteiger partial charge in [-0.2, -0.15) is 0 Å². The second-order valence-corrected chi connectivity index (χ2v) is 7.28. The number of hydrogen-bond acceptors (Lipinski definition) is 3. The number of nitrogens with one attached hydrogen (secondary N) is 1. The quantitative estimate of drug-likeness (QED) is 0.410. The molecule has 0 spiro atoms. The summed E-state index contributed by atoms with van der Waals surface area (Å²) in [7, 11) is 0. The van der Waals surface area contributed by atoms with E-state index in [2.05, 4.69) is 41.7 Å². The van der Waals surface area contributed by atoms with Gasteiger partial charge in [0.25, 0.3) is 0 Å². The summed E-state index contributed by atoms with van der Waals surface area (Å²) in [6.45, 7) is 0.648. The predicted molar refractivity (Wildman–Crippen MR) is 109 cm³/mol. The summed E-state index contributed by atoms with van der Waals surface area (Å²) < 4.78 is 5.48. The SMILES string of the molecule is O=c1cc(CN[C@H]2CCCc3ccccc32)c2c(ccc3ccccc32)o1. The van der Waals surface area contributed by atoms with Crippen LogP contribution in [0.4, 0.5) is 0 Å². The first-order valence-electron chi connectivity index (χ1n) is 9.55. The van der Waals surface area contributed by atoms with Crippen molar-refractivity contribution in [3.05, 3.63) is 93.8 Å². The van der Waals surface area contributed by atoms with E-state index in [-0.39, 0.29) is 5.63 Å². The van der Waals surface area contributed by atoms with Gasteiger partial charge in [-0.05, 0) is 52.8 Å². The molecule has 1 aromatic heterocycles. The van der Waals surface area contributed by atoms with Crippen LogP contribution in [0, 0.1) is 0 Å². The predicted octanol–water partition coefficient (Wildman–Crippen LogP) is 5.11. The molecule has 27 heavy (non-hydrogen) atoms. The summed E-state index contributed by atoms with van der Waals surface area (Å²) in [5.41, 5.74) is 4.19. The Labute approximate surface area is 157 Å². The maximum absolute atomic E-state index is 12.1. The van der Waals surface area contributed by atoms with E-state index in [1.165, 1.54) is 17.5 Å². The zero-order valence-electron chi connectivity index (χ0n) is 15.1. The van der Waals surface area contributed by atoms with Gasteiger partial charge < -0.3 is 9.73 Å². The molecule has 3 nitrogen and oxygen atoms in total. The fourth-order valence-electron chi connectivity index (χ4n) is 4.36. The zero-order valence-corrected chi connectivity index (χ0v) is 15.1. The topological polar surface area (TPSA) is 42.2 Å². The molecule has 3 heteroatoms. The fraction of sp³-hybridized carbons (Fsp3) is 0.208. The molecular formula is C24H21NO2. The van der Waals surface area contributed by atoms with E-state index in [1.54, 1.807) is 6.07 Å². The van der Waals surface area contributed by atoms with Crippen LogP contribution >= 0.6 is 0 Å². The number of aryl methyl sites for hydroxylation is 1. The molecule has 134 valence electrons. The van der Waals surface area contributed by atoms with Gasteiger partial charge in [0, 0.05) is 24.0 Å². The maximum atomic E-state index is 12.1. The lowest BCUT2D eigenvalue weighted by Crippen LogP contribution is -2.25. The molecular weight excluding hydrogens is 334 g/mol. The van der Waals surface area contributed by atoms with Crippen LogP contribution in [0.1, 0.15) is 35.6 Å². The monoisotopic (exact) mass is 355 g/mol. The highest BCUT2D eigenvalue weighted by Crippen LogP contribution is 2.31. The Morgan fingerprint density at radius 3 is 2.81 bits per heavy atom. The van der Waals surface area contributed by atoms with Crippen molar-refractivity contribution in [1.82, 2.24) is 5.32 Å². The molecule has 0 amide bonds. The van der Waals surface area contributed by atoms with Gasteiger partial charge in [-0.15, -0.1) is 0 Å². The second kappa shape index (κ2) is 6.67. The Hall–Kier alpha value is -2.91. The number of fused-ring (bicyclic) bond motifs is 4. The minimum Gasteiger partial charge on any atom is -0.423 e. The molecule has 1 heterocycles. The Kier molecular flexibility index (Phi) is 4.02. The van der Waals surface area contributed by atoms with E-state index in [9.17, 15) is 4.79 Å². The van der Waals surface area contributed by atoms with Crippen molar-refractivity contribution in [2.24, 2.45) is 0 Å². The van der Waals surface area contributed by atoms with Crippen molar-refractivity contribution in [2.75, 3.05) is 0 Å². The summed E-state index contributed by atoms with van der Waals surface area (Å²) >= 11 is 0. The third kappa shape index (κ3) is 2.94. The number of benzene rings is 3. The average molecular weight is 355 g/mol. The molecule has 5 rings (SSSR count). The molecule has 0 aliphatic heterocycles. The lowest BCUT2D eigenvalue weighted by molar-refractivity contribution is 0.458. The lowest BCUT2D eigenvalue weighted by Gasteiger charge is -2.26. The smallest absolute Gasteiger partial charge is 0.336 e. The van der Waals surface area contributed by atoms with Gasteiger partial charge in [-0.3, -0.25) is 0 Å². The Morgan fingerprint density at radius 1 is 1.00 bits per heavy atom. The third-order valence-corrected chi connectivity index (χ3v) is 5.62. The normalized spacial score (nSPS) is 16.5. The van der Waals surface area contributed by atoms with Gasteiger partial charge in [0.15, 0.2) is 0 Å². The summed E-state index contributed by atoms with van der Waals surface area (Å²) in [6, 6.07) is 22.8. The highest BCUT2D eigenvalue weighted by molar-refractivity contribution is 6.07. The molecule has 1 N–H and O–H groups in total. The van der Waals surface area contributed by atoms with Crippen molar-refractivity contribution in [2.45, 2.75) is 31.8 Å². The largest absolute Gasteiger partial charge is 0.423 e. The van der Waals surface area contributed by atoms with Crippen molar-refractivity contribution in [1.29, 1.82) is 0 Å². The van der Waals surface area contributed by atoms with Crippen LogP contribution in [0.25, 0.3) is 21.7 Å². The second-order valence-electron chi connectivity index (χ2n) is 7.28. The fourth-order valence-corrected chi connectivity index (χ4v) is 4.36. The van der Waals surface area contributed by atoms with Crippen LogP contribution in [0.3, 0.4) is 0 Å². The molecule has 0 fully saturated rings. The van der Waals surface area contributed by atoms with Crippen molar-refractivity contribution in [3.63, 3.8) is 0 Å². The zero-order chi connectivity index (χ0) is 18.2. The van der Waals surface area contributed by atoms with Gasteiger partial charge in [-0.1, -0.05) is 54.6 Å². The molecule has 1 atom stereocenters.